The third-order valence-electron chi connectivity index (χ3n) is 4.86. The van der Waals surface area contributed by atoms with Gasteiger partial charge >= 0.3 is 0 Å². The zero-order valence-electron chi connectivity index (χ0n) is 14.5. The maximum atomic E-state index is 6.11. The molecule has 1 aliphatic heterocycles. The molecular weight excluding hydrogens is 394 g/mol. The number of nitrogens with one attached hydrogen (secondary N) is 1. The molecule has 3 N–H and O–H groups in total. The van der Waals surface area contributed by atoms with Crippen molar-refractivity contribution in [3.05, 3.63) is 52.5 Å². The summed E-state index contributed by atoms with van der Waals surface area (Å²) in [6.45, 7) is 2.03. The SMILES string of the molecule is NC(=NCC1(c2cccc(Br)c2)CC1)Nc1ccc2c(c1)OCCCO2. The van der Waals surface area contributed by atoms with Crippen LogP contribution in [0.15, 0.2) is 51.9 Å². The van der Waals surface area contributed by atoms with Crippen LogP contribution in [0.25, 0.3) is 0 Å². The molecule has 0 spiro atoms. The first-order valence-corrected chi connectivity index (χ1v) is 9.67. The van der Waals surface area contributed by atoms with Crippen molar-refractivity contribution in [3.8, 4) is 11.5 Å². The molecule has 0 aromatic heterocycles. The lowest BCUT2D eigenvalue weighted by Crippen LogP contribution is -2.25. The summed E-state index contributed by atoms with van der Waals surface area (Å²) in [5, 5.41) is 3.16. The smallest absolute Gasteiger partial charge is 0.193 e. The van der Waals surface area contributed by atoms with Gasteiger partial charge in [0.25, 0.3) is 0 Å². The fraction of sp³-hybridized carbons (Fsp3) is 0.350. The van der Waals surface area contributed by atoms with Gasteiger partial charge < -0.3 is 20.5 Å². The molecule has 1 saturated carbocycles. The Kier molecular flexibility index (Phi) is 4.76. The standard InChI is InChI=1S/C20H22BrN3O2/c21-15-4-1-3-14(11-15)20(7-8-20)13-23-19(22)24-16-5-6-17-18(12-16)26-10-2-9-25-17/h1,3-6,11-12H,2,7-10,13H2,(H3,22,23,24). The van der Waals surface area contributed by atoms with Crippen LogP contribution in [0.3, 0.4) is 0 Å². The lowest BCUT2D eigenvalue weighted by molar-refractivity contribution is 0.297. The van der Waals surface area contributed by atoms with Gasteiger partial charge in [-0.2, -0.15) is 0 Å². The lowest BCUT2D eigenvalue weighted by atomic mass is 9.96. The molecule has 0 bridgehead atoms. The number of fused-ring (bicyclic) bond motifs is 1. The van der Waals surface area contributed by atoms with Gasteiger partial charge in [-0.05, 0) is 42.7 Å². The molecule has 6 heteroatoms. The third kappa shape index (κ3) is 3.80. The molecule has 1 aliphatic carbocycles. The fourth-order valence-electron chi connectivity index (χ4n) is 3.17. The van der Waals surface area contributed by atoms with Crippen molar-refractivity contribution in [2.24, 2.45) is 10.7 Å². The van der Waals surface area contributed by atoms with Gasteiger partial charge in [0.15, 0.2) is 17.5 Å². The summed E-state index contributed by atoms with van der Waals surface area (Å²) in [5.41, 5.74) is 8.41. The van der Waals surface area contributed by atoms with E-state index in [1.54, 1.807) is 0 Å². The van der Waals surface area contributed by atoms with Gasteiger partial charge in [-0.1, -0.05) is 28.1 Å². The van der Waals surface area contributed by atoms with Crippen molar-refractivity contribution in [3.63, 3.8) is 0 Å². The topological polar surface area (TPSA) is 68.9 Å². The Morgan fingerprint density at radius 2 is 1.92 bits per heavy atom. The van der Waals surface area contributed by atoms with Gasteiger partial charge in [0, 0.05) is 28.1 Å². The monoisotopic (exact) mass is 415 g/mol. The molecule has 0 saturated heterocycles. The highest BCUT2D eigenvalue weighted by Gasteiger charge is 2.44. The molecule has 136 valence electrons. The zero-order chi connectivity index (χ0) is 18.0. The molecule has 1 heterocycles. The number of anilines is 1. The Balaban J connectivity index is 1.43. The van der Waals surface area contributed by atoms with Gasteiger partial charge in [-0.25, -0.2) is 0 Å². The highest BCUT2D eigenvalue weighted by Crippen LogP contribution is 2.48. The Morgan fingerprint density at radius 1 is 1.12 bits per heavy atom. The molecule has 2 aliphatic rings. The number of rotatable bonds is 4. The maximum Gasteiger partial charge on any atom is 0.193 e. The number of benzene rings is 2. The molecule has 0 unspecified atom stereocenters. The number of ether oxygens (including phenoxy) is 2. The molecule has 4 rings (SSSR count). The molecule has 1 fully saturated rings. The second-order valence-electron chi connectivity index (χ2n) is 6.83. The molecular formula is C20H22BrN3O2. The first-order chi connectivity index (χ1) is 12.6. The number of hydrogen-bond acceptors (Lipinski definition) is 3. The second-order valence-corrected chi connectivity index (χ2v) is 7.74. The summed E-state index contributed by atoms with van der Waals surface area (Å²) in [4.78, 5) is 4.59. The number of hydrogen-bond donors (Lipinski definition) is 2. The molecule has 0 amide bonds. The Morgan fingerprint density at radius 3 is 2.69 bits per heavy atom. The normalized spacial score (nSPS) is 18.1. The van der Waals surface area contributed by atoms with Gasteiger partial charge in [0.05, 0.1) is 19.8 Å². The fourth-order valence-corrected chi connectivity index (χ4v) is 3.57. The molecule has 0 atom stereocenters. The van der Waals surface area contributed by atoms with E-state index in [9.17, 15) is 0 Å². The Bertz CT molecular complexity index is 834. The zero-order valence-corrected chi connectivity index (χ0v) is 16.1. The Labute approximate surface area is 161 Å². The first kappa shape index (κ1) is 17.2. The maximum absolute atomic E-state index is 6.11. The van der Waals surface area contributed by atoms with E-state index >= 15 is 0 Å². The summed E-state index contributed by atoms with van der Waals surface area (Å²) in [7, 11) is 0. The molecule has 2 aromatic rings. The van der Waals surface area contributed by atoms with E-state index < -0.39 is 0 Å². The summed E-state index contributed by atoms with van der Waals surface area (Å²) in [6, 6.07) is 14.2. The number of halogens is 1. The summed E-state index contributed by atoms with van der Waals surface area (Å²) in [6.07, 6.45) is 3.17. The van der Waals surface area contributed by atoms with E-state index in [-0.39, 0.29) is 5.41 Å². The van der Waals surface area contributed by atoms with Crippen molar-refractivity contribution < 1.29 is 9.47 Å². The molecule has 5 nitrogen and oxygen atoms in total. The quantitative estimate of drug-likeness (QED) is 0.583. The lowest BCUT2D eigenvalue weighted by Gasteiger charge is -2.15. The average molecular weight is 416 g/mol. The van der Waals surface area contributed by atoms with Crippen LogP contribution < -0.4 is 20.5 Å². The highest BCUT2D eigenvalue weighted by atomic mass is 79.9. The van der Waals surface area contributed by atoms with Crippen molar-refractivity contribution in [1.82, 2.24) is 0 Å². The third-order valence-corrected chi connectivity index (χ3v) is 5.36. The van der Waals surface area contributed by atoms with Crippen LogP contribution in [0.2, 0.25) is 0 Å². The molecule has 2 aromatic carbocycles. The number of nitrogens with two attached hydrogens (primary N) is 1. The summed E-state index contributed by atoms with van der Waals surface area (Å²) >= 11 is 3.55. The van der Waals surface area contributed by atoms with E-state index in [0.717, 1.165) is 40.9 Å². The summed E-state index contributed by atoms with van der Waals surface area (Å²) in [5.74, 6) is 1.93. The first-order valence-electron chi connectivity index (χ1n) is 8.87. The van der Waals surface area contributed by atoms with E-state index in [1.807, 2.05) is 24.3 Å². The van der Waals surface area contributed by atoms with Crippen LogP contribution in [0.4, 0.5) is 5.69 Å². The average Bonchev–Trinajstić information content (AvgIpc) is 3.44. The number of aliphatic imine (C=N–C) groups is 1. The van der Waals surface area contributed by atoms with Crippen molar-refractivity contribution in [2.45, 2.75) is 24.7 Å². The van der Waals surface area contributed by atoms with Gasteiger partial charge in [0.2, 0.25) is 0 Å². The molecule has 0 radical (unpaired) electrons. The van der Waals surface area contributed by atoms with Crippen LogP contribution in [0.1, 0.15) is 24.8 Å². The molecule has 26 heavy (non-hydrogen) atoms. The van der Waals surface area contributed by atoms with Gasteiger partial charge in [-0.3, -0.25) is 4.99 Å². The second kappa shape index (κ2) is 7.19. The largest absolute Gasteiger partial charge is 0.490 e. The minimum Gasteiger partial charge on any atom is -0.490 e. The predicted octanol–water partition coefficient (Wildman–Crippen LogP) is 4.07. The Hall–Kier alpha value is -2.21. The number of guanidine groups is 1. The van der Waals surface area contributed by atoms with Gasteiger partial charge in [-0.15, -0.1) is 0 Å². The van der Waals surface area contributed by atoms with Crippen LogP contribution in [-0.4, -0.2) is 25.7 Å². The van der Waals surface area contributed by atoms with E-state index in [0.29, 0.717) is 25.7 Å². The predicted molar refractivity (Wildman–Crippen MR) is 107 cm³/mol. The minimum atomic E-state index is 0.126. The summed E-state index contributed by atoms with van der Waals surface area (Å²) < 4.78 is 12.5. The van der Waals surface area contributed by atoms with E-state index in [4.69, 9.17) is 15.2 Å². The van der Waals surface area contributed by atoms with E-state index in [2.05, 4.69) is 44.4 Å². The van der Waals surface area contributed by atoms with Crippen LogP contribution in [-0.2, 0) is 5.41 Å². The van der Waals surface area contributed by atoms with Crippen molar-refractivity contribution in [1.29, 1.82) is 0 Å². The van der Waals surface area contributed by atoms with Crippen LogP contribution in [0, 0.1) is 0 Å². The van der Waals surface area contributed by atoms with Crippen molar-refractivity contribution in [2.75, 3.05) is 25.1 Å². The highest BCUT2D eigenvalue weighted by molar-refractivity contribution is 9.10. The van der Waals surface area contributed by atoms with E-state index in [1.165, 1.54) is 5.56 Å². The van der Waals surface area contributed by atoms with Gasteiger partial charge in [0.1, 0.15) is 0 Å². The van der Waals surface area contributed by atoms with Crippen LogP contribution >= 0.6 is 15.9 Å². The minimum absolute atomic E-state index is 0.126. The number of nitrogens with zero attached hydrogens (tertiary/aromatic N) is 1. The van der Waals surface area contributed by atoms with Crippen LogP contribution in [0.5, 0.6) is 11.5 Å². The van der Waals surface area contributed by atoms with Crippen molar-refractivity contribution >= 4 is 27.6 Å².